The molecule has 0 spiro atoms. The molecule has 0 saturated heterocycles. The molecule has 0 amide bonds. The Balaban J connectivity index is 0. The summed E-state index contributed by atoms with van der Waals surface area (Å²) in [6.07, 6.45) is 8.73. The first-order chi connectivity index (χ1) is 10.8. The van der Waals surface area contributed by atoms with Crippen molar-refractivity contribution in [3.63, 3.8) is 0 Å². The Morgan fingerprint density at radius 3 is 1.83 bits per heavy atom. The number of carbonyl (C=O) groups excluding carboxylic acids is 1. The molecule has 1 unspecified atom stereocenters. The number of hydrogen-bond acceptors (Lipinski definition) is 5. The molecule has 0 heterocycles. The van der Waals surface area contributed by atoms with Crippen molar-refractivity contribution >= 4 is 73.4 Å². The topological polar surface area (TPSA) is 118 Å². The average Bonchev–Trinajstić information content (AvgIpc) is 2.45. The molecule has 0 aromatic rings. The van der Waals surface area contributed by atoms with Gasteiger partial charge in [0.05, 0.1) is 13.0 Å². The van der Waals surface area contributed by atoms with E-state index in [1.54, 1.807) is 0 Å². The van der Waals surface area contributed by atoms with E-state index in [0.29, 0.717) is 6.42 Å². The number of carboxylic acids is 1. The maximum absolute atomic E-state index is 11.5. The molecule has 7 nitrogen and oxygen atoms in total. The fourth-order valence-electron chi connectivity index (χ4n) is 2.15. The minimum atomic E-state index is -4.78. The van der Waals surface area contributed by atoms with Gasteiger partial charge in [-0.05, 0) is 6.42 Å². The Labute approximate surface area is 187 Å². The molecule has 0 aliphatic carbocycles. The Bertz CT molecular complexity index is 451. The van der Waals surface area contributed by atoms with Gasteiger partial charge in [0, 0.05) is 0 Å². The van der Waals surface area contributed by atoms with Crippen molar-refractivity contribution in [2.24, 2.45) is 0 Å². The number of aliphatic carboxylic acids is 1. The third-order valence-electron chi connectivity index (χ3n) is 3.47. The summed E-state index contributed by atoms with van der Waals surface area (Å²) in [5, 5.41) is 6.50. The van der Waals surface area contributed by atoms with Gasteiger partial charge in [0.2, 0.25) is 0 Å². The predicted octanol–water partition coefficient (Wildman–Crippen LogP) is 2.14. The molecule has 0 saturated carbocycles. The van der Waals surface area contributed by atoms with Crippen molar-refractivity contribution in [2.45, 2.75) is 76.4 Å². The molecular formula is C15H29KO7S. The van der Waals surface area contributed by atoms with Crippen LogP contribution >= 0.6 is 0 Å². The summed E-state index contributed by atoms with van der Waals surface area (Å²) in [4.78, 5) is 22.1. The van der Waals surface area contributed by atoms with Crippen LogP contribution in [0.1, 0.15) is 71.1 Å². The van der Waals surface area contributed by atoms with Gasteiger partial charge in [0.1, 0.15) is 0 Å². The molecule has 0 aliphatic heterocycles. The zero-order chi connectivity index (χ0) is 17.7. The predicted molar refractivity (Wildman–Crippen MR) is 92.9 cm³/mol. The van der Waals surface area contributed by atoms with Crippen LogP contribution in [0.3, 0.4) is 0 Å². The van der Waals surface area contributed by atoms with Crippen molar-refractivity contribution in [3.05, 3.63) is 0 Å². The Morgan fingerprint density at radius 1 is 0.958 bits per heavy atom. The number of unbranched alkanes of at least 4 members (excludes halogenated alkanes) is 8. The number of carbonyl (C=O) groups is 2. The van der Waals surface area contributed by atoms with Crippen LogP contribution in [-0.4, -0.2) is 93.3 Å². The second-order valence-electron chi connectivity index (χ2n) is 5.60. The van der Waals surface area contributed by atoms with E-state index in [4.69, 9.17) is 14.4 Å². The van der Waals surface area contributed by atoms with Gasteiger partial charge in [-0.1, -0.05) is 58.3 Å². The molecule has 9 heteroatoms. The van der Waals surface area contributed by atoms with Gasteiger partial charge in [-0.2, -0.15) is 8.42 Å². The first-order valence-electron chi connectivity index (χ1n) is 8.13. The molecule has 0 bridgehead atoms. The van der Waals surface area contributed by atoms with E-state index in [0.717, 1.165) is 19.3 Å². The molecule has 0 aliphatic rings. The second-order valence-corrected chi connectivity index (χ2v) is 7.20. The van der Waals surface area contributed by atoms with Crippen LogP contribution in [0.5, 0.6) is 0 Å². The molecule has 2 N–H and O–H groups in total. The fraction of sp³-hybridized carbons (Fsp3) is 0.867. The van der Waals surface area contributed by atoms with E-state index in [1.165, 1.54) is 32.1 Å². The first-order valence-corrected chi connectivity index (χ1v) is 9.64. The average molecular weight is 393 g/mol. The molecule has 0 fully saturated rings. The number of ether oxygens (including phenoxy) is 1. The second kappa shape index (κ2) is 15.7. The SMILES string of the molecule is CCCCCCCCCCCOC(=O)C(CC(=O)O)S(=O)(=O)O.[KH]. The van der Waals surface area contributed by atoms with Gasteiger partial charge in [-0.15, -0.1) is 0 Å². The van der Waals surface area contributed by atoms with Gasteiger partial charge in [-0.25, -0.2) is 0 Å². The van der Waals surface area contributed by atoms with E-state index < -0.39 is 33.7 Å². The minimum absolute atomic E-state index is 0. The monoisotopic (exact) mass is 392 g/mol. The Kier molecular flexibility index (Phi) is 17.5. The summed E-state index contributed by atoms with van der Waals surface area (Å²) in [7, 11) is -4.78. The molecule has 138 valence electrons. The van der Waals surface area contributed by atoms with Crippen molar-refractivity contribution in [3.8, 4) is 0 Å². The molecule has 1 atom stereocenters. The standard InChI is InChI=1S/C15H28O7S.K.H/c1-2-3-4-5-6-7-8-9-10-11-22-15(18)13(12-14(16)17)23(19,20)21;;/h13H,2-12H2,1H3,(H,16,17)(H,19,20,21);;. The van der Waals surface area contributed by atoms with E-state index in [1.807, 2.05) is 0 Å². The fourth-order valence-corrected chi connectivity index (χ4v) is 2.81. The number of rotatable bonds is 14. The van der Waals surface area contributed by atoms with E-state index >= 15 is 0 Å². The first kappa shape index (κ1) is 26.7. The summed E-state index contributed by atoms with van der Waals surface area (Å²) in [6, 6.07) is 0. The summed E-state index contributed by atoms with van der Waals surface area (Å²) in [5.41, 5.74) is 0. The van der Waals surface area contributed by atoms with Crippen LogP contribution in [0.25, 0.3) is 0 Å². The van der Waals surface area contributed by atoms with Gasteiger partial charge in [0.25, 0.3) is 10.1 Å². The molecular weight excluding hydrogens is 363 g/mol. The van der Waals surface area contributed by atoms with Crippen LogP contribution in [0.15, 0.2) is 0 Å². The molecule has 0 aromatic carbocycles. The maximum atomic E-state index is 11.5. The van der Waals surface area contributed by atoms with Gasteiger partial charge < -0.3 is 9.84 Å². The number of hydrogen-bond donors (Lipinski definition) is 2. The zero-order valence-corrected chi connectivity index (χ0v) is 14.5. The van der Waals surface area contributed by atoms with Crippen LogP contribution in [0.2, 0.25) is 0 Å². The molecule has 0 rings (SSSR count). The van der Waals surface area contributed by atoms with Crippen molar-refractivity contribution in [1.82, 2.24) is 0 Å². The van der Waals surface area contributed by atoms with Crippen molar-refractivity contribution in [2.75, 3.05) is 6.61 Å². The van der Waals surface area contributed by atoms with Crippen molar-refractivity contribution in [1.29, 1.82) is 0 Å². The summed E-state index contributed by atoms with van der Waals surface area (Å²) >= 11 is 0. The third kappa shape index (κ3) is 14.8. The Morgan fingerprint density at radius 2 is 1.42 bits per heavy atom. The molecule has 0 aromatic heterocycles. The van der Waals surface area contributed by atoms with Crippen LogP contribution in [0.4, 0.5) is 0 Å². The normalized spacial score (nSPS) is 12.2. The van der Waals surface area contributed by atoms with Crippen LogP contribution in [-0.2, 0) is 24.4 Å². The van der Waals surface area contributed by atoms with Gasteiger partial charge >= 0.3 is 63.3 Å². The van der Waals surface area contributed by atoms with E-state index in [2.05, 4.69) is 6.92 Å². The number of esters is 1. The molecule has 0 radical (unpaired) electrons. The van der Waals surface area contributed by atoms with Crippen LogP contribution < -0.4 is 0 Å². The summed E-state index contributed by atoms with van der Waals surface area (Å²) in [6.45, 7) is 2.20. The number of carboxylic acid groups (broad SMARTS) is 1. The molecule has 24 heavy (non-hydrogen) atoms. The quantitative estimate of drug-likeness (QED) is 0.201. The summed E-state index contributed by atoms with van der Waals surface area (Å²) < 4.78 is 35.6. The van der Waals surface area contributed by atoms with Crippen LogP contribution in [0, 0.1) is 0 Å². The summed E-state index contributed by atoms with van der Waals surface area (Å²) in [5.74, 6) is -2.71. The van der Waals surface area contributed by atoms with Gasteiger partial charge in [0.15, 0.2) is 5.25 Å². The Hall–Kier alpha value is 0.486. The zero-order valence-electron chi connectivity index (χ0n) is 13.7. The van der Waals surface area contributed by atoms with E-state index in [9.17, 15) is 18.0 Å². The van der Waals surface area contributed by atoms with Gasteiger partial charge in [-0.3, -0.25) is 14.1 Å². The van der Waals surface area contributed by atoms with Crippen molar-refractivity contribution < 1.29 is 32.4 Å². The van der Waals surface area contributed by atoms with E-state index in [-0.39, 0.29) is 58.0 Å². The third-order valence-corrected chi connectivity index (χ3v) is 4.55.